The Balaban J connectivity index is 1.41. The Kier molecular flexibility index (Phi) is 7.17. The third kappa shape index (κ3) is 5.42. The van der Waals surface area contributed by atoms with Gasteiger partial charge in [0, 0.05) is 51.4 Å². The van der Waals surface area contributed by atoms with Gasteiger partial charge in [-0.2, -0.15) is 0 Å². The van der Waals surface area contributed by atoms with E-state index >= 15 is 0 Å². The zero-order valence-corrected chi connectivity index (χ0v) is 18.4. The van der Waals surface area contributed by atoms with Crippen LogP contribution in [0.15, 0.2) is 36.4 Å². The summed E-state index contributed by atoms with van der Waals surface area (Å²) >= 11 is 0. The molecule has 1 fully saturated rings. The fraction of sp³-hybridized carbons (Fsp3) is 0.500. The van der Waals surface area contributed by atoms with Crippen molar-refractivity contribution in [2.24, 2.45) is 0 Å². The van der Waals surface area contributed by atoms with Crippen LogP contribution in [0.3, 0.4) is 0 Å². The molecular weight excluding hydrogens is 396 g/mol. The van der Waals surface area contributed by atoms with Crippen LogP contribution in [-0.4, -0.2) is 74.6 Å². The van der Waals surface area contributed by atoms with Crippen LogP contribution in [0.25, 0.3) is 0 Å². The monoisotopic (exact) mass is 428 g/mol. The van der Waals surface area contributed by atoms with Gasteiger partial charge in [0.15, 0.2) is 11.5 Å². The number of aliphatic hydroxyl groups is 1. The lowest BCUT2D eigenvalue weighted by Crippen LogP contribution is -2.52. The lowest BCUT2D eigenvalue weighted by atomic mass is 10.1. The van der Waals surface area contributed by atoms with Crippen LogP contribution in [0.1, 0.15) is 17.5 Å². The number of benzene rings is 2. The van der Waals surface area contributed by atoms with E-state index in [4.69, 9.17) is 18.9 Å². The summed E-state index contributed by atoms with van der Waals surface area (Å²) in [5, 5.41) is 9.66. The largest absolute Gasteiger partial charge is 0.497 e. The quantitative estimate of drug-likeness (QED) is 0.693. The van der Waals surface area contributed by atoms with E-state index in [-0.39, 0.29) is 12.6 Å². The summed E-state index contributed by atoms with van der Waals surface area (Å²) in [6.07, 6.45) is 0.749. The Hall–Kier alpha value is -2.48. The standard InChI is InChI=1S/C24H32N2O5/c1-28-21-11-19(12-22(14-21)29-2)16-26-7-6-25(17-20(26)5-8-27)15-18-3-4-23-24(13-18)31-10-9-30-23/h3-4,11-14,20,27H,5-10,15-17H2,1-2H3. The molecular formula is C24H32N2O5. The highest BCUT2D eigenvalue weighted by atomic mass is 16.6. The number of methoxy groups -OCH3 is 2. The lowest BCUT2D eigenvalue weighted by Gasteiger charge is -2.41. The van der Waals surface area contributed by atoms with Gasteiger partial charge in [-0.05, 0) is 41.8 Å². The van der Waals surface area contributed by atoms with E-state index < -0.39 is 0 Å². The summed E-state index contributed by atoms with van der Waals surface area (Å²) in [5.74, 6) is 3.25. The third-order valence-electron chi connectivity index (χ3n) is 5.96. The van der Waals surface area contributed by atoms with Gasteiger partial charge in [0.25, 0.3) is 0 Å². The summed E-state index contributed by atoms with van der Waals surface area (Å²) in [6, 6.07) is 12.5. The number of hydrogen-bond donors (Lipinski definition) is 1. The van der Waals surface area contributed by atoms with E-state index in [0.29, 0.717) is 13.2 Å². The summed E-state index contributed by atoms with van der Waals surface area (Å²) in [7, 11) is 3.34. The summed E-state index contributed by atoms with van der Waals surface area (Å²) in [5.41, 5.74) is 2.37. The molecule has 2 heterocycles. The molecule has 2 aliphatic heterocycles. The first-order chi connectivity index (χ1) is 15.2. The molecule has 0 amide bonds. The molecule has 0 bridgehead atoms. The number of ether oxygens (including phenoxy) is 4. The predicted molar refractivity (Wildman–Crippen MR) is 118 cm³/mol. The van der Waals surface area contributed by atoms with Crippen molar-refractivity contribution in [1.29, 1.82) is 0 Å². The zero-order valence-electron chi connectivity index (χ0n) is 18.4. The summed E-state index contributed by atoms with van der Waals surface area (Å²) in [4.78, 5) is 4.90. The van der Waals surface area contributed by atoms with E-state index in [9.17, 15) is 5.11 Å². The maximum atomic E-state index is 9.66. The van der Waals surface area contributed by atoms with Crippen molar-refractivity contribution in [2.75, 3.05) is 53.7 Å². The van der Waals surface area contributed by atoms with Gasteiger partial charge < -0.3 is 24.1 Å². The Morgan fingerprint density at radius 1 is 0.903 bits per heavy atom. The zero-order chi connectivity index (χ0) is 21.6. The summed E-state index contributed by atoms with van der Waals surface area (Å²) < 4.78 is 22.2. The molecule has 0 aromatic heterocycles. The molecule has 4 rings (SSSR count). The third-order valence-corrected chi connectivity index (χ3v) is 5.96. The normalized spacial score (nSPS) is 19.3. The highest BCUT2D eigenvalue weighted by Gasteiger charge is 2.27. The first kappa shape index (κ1) is 21.7. The van der Waals surface area contributed by atoms with Gasteiger partial charge in [-0.1, -0.05) is 6.07 Å². The maximum Gasteiger partial charge on any atom is 0.161 e. The molecule has 7 heteroatoms. The minimum absolute atomic E-state index is 0.181. The highest BCUT2D eigenvalue weighted by Crippen LogP contribution is 2.31. The number of fused-ring (bicyclic) bond motifs is 1. The maximum absolute atomic E-state index is 9.66. The van der Waals surface area contributed by atoms with E-state index in [0.717, 1.165) is 67.7 Å². The van der Waals surface area contributed by atoms with Gasteiger partial charge >= 0.3 is 0 Å². The lowest BCUT2D eigenvalue weighted by molar-refractivity contribution is 0.0498. The molecule has 1 atom stereocenters. The van der Waals surface area contributed by atoms with Crippen molar-refractivity contribution in [3.05, 3.63) is 47.5 Å². The summed E-state index contributed by atoms with van der Waals surface area (Å²) in [6.45, 7) is 5.87. The molecule has 0 radical (unpaired) electrons. The van der Waals surface area contributed by atoms with E-state index in [1.165, 1.54) is 5.56 Å². The number of nitrogens with zero attached hydrogens (tertiary/aromatic N) is 2. The molecule has 0 aliphatic carbocycles. The molecule has 0 spiro atoms. The van der Waals surface area contributed by atoms with Crippen molar-refractivity contribution in [3.8, 4) is 23.0 Å². The van der Waals surface area contributed by atoms with Gasteiger partial charge in [0.1, 0.15) is 24.7 Å². The Morgan fingerprint density at radius 2 is 1.65 bits per heavy atom. The Morgan fingerprint density at radius 3 is 2.35 bits per heavy atom. The average Bonchev–Trinajstić information content (AvgIpc) is 2.80. The van der Waals surface area contributed by atoms with Crippen LogP contribution in [0, 0.1) is 0 Å². The highest BCUT2D eigenvalue weighted by molar-refractivity contribution is 5.43. The second kappa shape index (κ2) is 10.2. The topological polar surface area (TPSA) is 63.6 Å². The second-order valence-electron chi connectivity index (χ2n) is 8.07. The smallest absolute Gasteiger partial charge is 0.161 e. The fourth-order valence-corrected chi connectivity index (χ4v) is 4.37. The molecule has 1 unspecified atom stereocenters. The Bertz CT molecular complexity index is 853. The van der Waals surface area contributed by atoms with E-state index in [1.54, 1.807) is 14.2 Å². The predicted octanol–water partition coefficient (Wildman–Crippen LogP) is 2.54. The minimum atomic E-state index is 0.181. The van der Waals surface area contributed by atoms with Crippen LogP contribution in [-0.2, 0) is 13.1 Å². The molecule has 168 valence electrons. The average molecular weight is 429 g/mol. The number of piperazine rings is 1. The van der Waals surface area contributed by atoms with E-state index in [2.05, 4.69) is 34.1 Å². The Labute approximate surface area is 184 Å². The van der Waals surface area contributed by atoms with Crippen LogP contribution in [0.4, 0.5) is 0 Å². The molecule has 2 aliphatic rings. The van der Waals surface area contributed by atoms with E-state index in [1.807, 2.05) is 12.1 Å². The van der Waals surface area contributed by atoms with Gasteiger partial charge in [-0.15, -0.1) is 0 Å². The van der Waals surface area contributed by atoms with Crippen LogP contribution >= 0.6 is 0 Å². The number of aliphatic hydroxyl groups excluding tert-OH is 1. The van der Waals surface area contributed by atoms with Gasteiger partial charge in [-0.3, -0.25) is 9.80 Å². The second-order valence-corrected chi connectivity index (χ2v) is 8.07. The van der Waals surface area contributed by atoms with Crippen LogP contribution < -0.4 is 18.9 Å². The van der Waals surface area contributed by atoms with Crippen LogP contribution in [0.5, 0.6) is 23.0 Å². The SMILES string of the molecule is COc1cc(CN2CCN(Cc3ccc4c(c3)OCCO4)CC2CCO)cc(OC)c1. The van der Waals surface area contributed by atoms with Gasteiger partial charge in [0.05, 0.1) is 14.2 Å². The molecule has 2 aromatic rings. The molecule has 2 aromatic carbocycles. The van der Waals surface area contributed by atoms with Crippen LogP contribution in [0.2, 0.25) is 0 Å². The first-order valence-electron chi connectivity index (χ1n) is 10.9. The minimum Gasteiger partial charge on any atom is -0.497 e. The fourth-order valence-electron chi connectivity index (χ4n) is 4.37. The van der Waals surface area contributed by atoms with Gasteiger partial charge in [-0.25, -0.2) is 0 Å². The van der Waals surface area contributed by atoms with Crippen molar-refractivity contribution >= 4 is 0 Å². The van der Waals surface area contributed by atoms with Crippen molar-refractivity contribution in [1.82, 2.24) is 9.80 Å². The molecule has 7 nitrogen and oxygen atoms in total. The van der Waals surface area contributed by atoms with Crippen molar-refractivity contribution in [3.63, 3.8) is 0 Å². The first-order valence-corrected chi connectivity index (χ1v) is 10.9. The van der Waals surface area contributed by atoms with Crippen molar-refractivity contribution < 1.29 is 24.1 Å². The molecule has 1 N–H and O–H groups in total. The van der Waals surface area contributed by atoms with Gasteiger partial charge in [0.2, 0.25) is 0 Å². The number of rotatable bonds is 8. The molecule has 0 saturated carbocycles. The number of hydrogen-bond acceptors (Lipinski definition) is 7. The molecule has 1 saturated heterocycles. The van der Waals surface area contributed by atoms with Crippen molar-refractivity contribution in [2.45, 2.75) is 25.6 Å². The molecule has 31 heavy (non-hydrogen) atoms.